The van der Waals surface area contributed by atoms with Crippen molar-refractivity contribution in [3.8, 4) is 5.75 Å². The molecule has 0 bridgehead atoms. The van der Waals surface area contributed by atoms with Crippen molar-refractivity contribution in [2.45, 2.75) is 5.16 Å². The molecule has 0 fully saturated rings. The van der Waals surface area contributed by atoms with Gasteiger partial charge < -0.3 is 14.6 Å². The molecule has 0 aliphatic heterocycles. The number of carbonyl (C=O) groups is 1. The lowest BCUT2D eigenvalue weighted by Crippen LogP contribution is -2.27. The van der Waals surface area contributed by atoms with Gasteiger partial charge in [0.25, 0.3) is 5.91 Å². The van der Waals surface area contributed by atoms with Crippen LogP contribution in [0.1, 0.15) is 10.5 Å². The molecule has 0 spiro atoms. The number of tetrazole rings is 1. The van der Waals surface area contributed by atoms with Crippen LogP contribution in [0, 0.1) is 0 Å². The van der Waals surface area contributed by atoms with Crippen LogP contribution in [0.25, 0.3) is 10.9 Å². The van der Waals surface area contributed by atoms with Gasteiger partial charge in [0.1, 0.15) is 11.4 Å². The number of methoxy groups -OCH3 is 1. The van der Waals surface area contributed by atoms with Crippen molar-refractivity contribution < 1.29 is 9.53 Å². The van der Waals surface area contributed by atoms with Gasteiger partial charge in [-0.2, -0.15) is 0 Å². The maximum atomic E-state index is 12.4. The fourth-order valence-electron chi connectivity index (χ4n) is 2.41. The molecule has 0 saturated carbocycles. The first-order valence-electron chi connectivity index (χ1n) is 7.37. The molecule has 1 aromatic carbocycles. The van der Waals surface area contributed by atoms with Crippen LogP contribution in [0.15, 0.2) is 29.4 Å². The Morgan fingerprint density at radius 1 is 1.33 bits per heavy atom. The lowest BCUT2D eigenvalue weighted by atomic mass is 10.2. The zero-order valence-corrected chi connectivity index (χ0v) is 14.5. The number of benzene rings is 1. The number of ether oxygens (including phenoxy) is 1. The van der Waals surface area contributed by atoms with E-state index in [0.29, 0.717) is 18.0 Å². The van der Waals surface area contributed by atoms with E-state index in [-0.39, 0.29) is 5.91 Å². The molecule has 0 unspecified atom stereocenters. The Kier molecular flexibility index (Phi) is 4.70. The number of hydrogen-bond donors (Lipinski definition) is 1. The molecule has 0 aliphatic rings. The summed E-state index contributed by atoms with van der Waals surface area (Å²) in [6.45, 7) is 0.529. The normalized spacial score (nSPS) is 11.0. The minimum absolute atomic E-state index is 0.107. The van der Waals surface area contributed by atoms with Gasteiger partial charge in [0.05, 0.1) is 7.11 Å². The average Bonchev–Trinajstić information content (AvgIpc) is 3.14. The molecule has 1 amide bonds. The molecular formula is C15H18N6O2S. The summed E-state index contributed by atoms with van der Waals surface area (Å²) in [6, 6.07) is 7.62. The molecule has 0 saturated heterocycles. The Morgan fingerprint density at radius 3 is 2.88 bits per heavy atom. The van der Waals surface area contributed by atoms with Crippen LogP contribution in [0.4, 0.5) is 0 Å². The second kappa shape index (κ2) is 6.91. The molecule has 0 atom stereocenters. The monoisotopic (exact) mass is 346 g/mol. The van der Waals surface area contributed by atoms with Crippen molar-refractivity contribution in [2.24, 2.45) is 14.1 Å². The Balaban J connectivity index is 1.63. The zero-order valence-electron chi connectivity index (χ0n) is 13.7. The number of fused-ring (bicyclic) bond motifs is 1. The smallest absolute Gasteiger partial charge is 0.267 e. The van der Waals surface area contributed by atoms with E-state index in [1.54, 1.807) is 18.8 Å². The molecule has 2 heterocycles. The molecule has 8 nitrogen and oxygen atoms in total. The molecule has 3 rings (SSSR count). The molecular weight excluding hydrogens is 328 g/mol. The second-order valence-corrected chi connectivity index (χ2v) is 6.26. The van der Waals surface area contributed by atoms with E-state index in [1.165, 1.54) is 11.8 Å². The van der Waals surface area contributed by atoms with Crippen LogP contribution < -0.4 is 10.1 Å². The van der Waals surface area contributed by atoms with Gasteiger partial charge in [-0.05, 0) is 34.7 Å². The maximum absolute atomic E-state index is 12.4. The van der Waals surface area contributed by atoms with Crippen molar-refractivity contribution >= 4 is 28.6 Å². The van der Waals surface area contributed by atoms with Gasteiger partial charge in [-0.15, -0.1) is 5.10 Å². The number of nitrogens with zero attached hydrogens (tertiary/aromatic N) is 5. The van der Waals surface area contributed by atoms with Gasteiger partial charge in [-0.3, -0.25) is 4.79 Å². The summed E-state index contributed by atoms with van der Waals surface area (Å²) in [4.78, 5) is 12.4. The van der Waals surface area contributed by atoms with E-state index in [1.807, 2.05) is 35.9 Å². The molecule has 0 aliphatic carbocycles. The van der Waals surface area contributed by atoms with Gasteiger partial charge in [-0.25, -0.2) is 4.68 Å². The standard InChI is InChI=1S/C15H18N6O2S/c1-20-12-5-4-11(23-3)8-10(12)9-13(20)14(22)16-6-7-24-15-17-18-19-21(15)2/h4-5,8-9H,6-7H2,1-3H3,(H,16,22). The minimum atomic E-state index is -0.107. The van der Waals surface area contributed by atoms with Crippen LogP contribution in [0.5, 0.6) is 5.75 Å². The number of nitrogens with one attached hydrogen (secondary N) is 1. The van der Waals surface area contributed by atoms with Crippen molar-refractivity contribution in [1.29, 1.82) is 0 Å². The van der Waals surface area contributed by atoms with Crippen LogP contribution in [0.2, 0.25) is 0 Å². The molecule has 9 heteroatoms. The Morgan fingerprint density at radius 2 is 2.17 bits per heavy atom. The summed E-state index contributed by atoms with van der Waals surface area (Å²) in [5.41, 5.74) is 1.60. The van der Waals surface area contributed by atoms with Gasteiger partial charge >= 0.3 is 0 Å². The summed E-state index contributed by atoms with van der Waals surface area (Å²) >= 11 is 1.49. The van der Waals surface area contributed by atoms with Crippen LogP contribution in [-0.4, -0.2) is 50.1 Å². The van der Waals surface area contributed by atoms with E-state index in [0.717, 1.165) is 21.8 Å². The third-order valence-corrected chi connectivity index (χ3v) is 4.69. The predicted octanol–water partition coefficient (Wildman–Crippen LogP) is 1.23. The third kappa shape index (κ3) is 3.21. The van der Waals surface area contributed by atoms with Crippen LogP contribution in [-0.2, 0) is 14.1 Å². The first-order valence-corrected chi connectivity index (χ1v) is 8.35. The number of rotatable bonds is 6. The van der Waals surface area contributed by atoms with E-state index in [2.05, 4.69) is 20.8 Å². The second-order valence-electron chi connectivity index (χ2n) is 5.20. The number of carbonyl (C=O) groups excluding carboxylic acids is 1. The third-order valence-electron chi connectivity index (χ3n) is 3.68. The van der Waals surface area contributed by atoms with Gasteiger partial charge in [-0.1, -0.05) is 11.8 Å². The maximum Gasteiger partial charge on any atom is 0.267 e. The molecule has 0 radical (unpaired) electrons. The van der Waals surface area contributed by atoms with Crippen molar-refractivity contribution in [2.75, 3.05) is 19.4 Å². The fraction of sp³-hybridized carbons (Fsp3) is 0.333. The zero-order chi connectivity index (χ0) is 17.1. The molecule has 1 N–H and O–H groups in total. The average molecular weight is 346 g/mol. The lowest BCUT2D eigenvalue weighted by Gasteiger charge is -2.06. The quantitative estimate of drug-likeness (QED) is 0.534. The Labute approximate surface area is 143 Å². The summed E-state index contributed by atoms with van der Waals surface area (Å²) in [7, 11) is 5.29. The molecule has 24 heavy (non-hydrogen) atoms. The van der Waals surface area contributed by atoms with E-state index in [9.17, 15) is 4.79 Å². The summed E-state index contributed by atoms with van der Waals surface area (Å²) < 4.78 is 8.71. The van der Waals surface area contributed by atoms with Crippen molar-refractivity contribution in [3.05, 3.63) is 30.0 Å². The summed E-state index contributed by atoms with van der Waals surface area (Å²) in [5.74, 6) is 1.36. The first kappa shape index (κ1) is 16.3. The van der Waals surface area contributed by atoms with Crippen molar-refractivity contribution in [3.63, 3.8) is 0 Å². The number of hydrogen-bond acceptors (Lipinski definition) is 6. The predicted molar refractivity (Wildman–Crippen MR) is 91.3 cm³/mol. The molecule has 3 aromatic rings. The number of amides is 1. The van der Waals surface area contributed by atoms with Gasteiger partial charge in [0.2, 0.25) is 5.16 Å². The fourth-order valence-corrected chi connectivity index (χ4v) is 3.12. The number of aromatic nitrogens is 5. The lowest BCUT2D eigenvalue weighted by molar-refractivity contribution is 0.0948. The first-order chi connectivity index (χ1) is 11.6. The molecule has 2 aromatic heterocycles. The number of thioether (sulfide) groups is 1. The van der Waals surface area contributed by atoms with Crippen LogP contribution >= 0.6 is 11.8 Å². The van der Waals surface area contributed by atoms with Gasteiger partial charge in [0, 0.05) is 37.3 Å². The van der Waals surface area contributed by atoms with E-state index in [4.69, 9.17) is 4.74 Å². The summed E-state index contributed by atoms with van der Waals surface area (Å²) in [5, 5.41) is 15.8. The Bertz CT molecular complexity index is 872. The van der Waals surface area contributed by atoms with E-state index < -0.39 is 0 Å². The van der Waals surface area contributed by atoms with Crippen LogP contribution in [0.3, 0.4) is 0 Å². The van der Waals surface area contributed by atoms with Crippen molar-refractivity contribution in [1.82, 2.24) is 30.1 Å². The topological polar surface area (TPSA) is 86.9 Å². The highest BCUT2D eigenvalue weighted by molar-refractivity contribution is 7.99. The highest BCUT2D eigenvalue weighted by atomic mass is 32.2. The summed E-state index contributed by atoms with van der Waals surface area (Å²) in [6.07, 6.45) is 0. The highest BCUT2D eigenvalue weighted by Gasteiger charge is 2.13. The number of aryl methyl sites for hydroxylation is 2. The Hall–Kier alpha value is -2.55. The molecule has 126 valence electrons. The van der Waals surface area contributed by atoms with E-state index >= 15 is 0 Å². The largest absolute Gasteiger partial charge is 0.497 e. The SMILES string of the molecule is COc1ccc2c(c1)cc(C(=O)NCCSc1nnnn1C)n2C. The van der Waals surface area contributed by atoms with Gasteiger partial charge in [0.15, 0.2) is 0 Å². The minimum Gasteiger partial charge on any atom is -0.497 e. The highest BCUT2D eigenvalue weighted by Crippen LogP contribution is 2.23.